The molecule has 1 aliphatic rings. The highest BCUT2D eigenvalue weighted by atomic mass is 35.5. The molecule has 0 unspecified atom stereocenters. The molecular formula is C4H7ClN2. The van der Waals surface area contributed by atoms with Gasteiger partial charge in [-0.1, -0.05) is 0 Å². The summed E-state index contributed by atoms with van der Waals surface area (Å²) in [6, 6.07) is 0. The molecule has 3 heteroatoms. The van der Waals surface area contributed by atoms with Gasteiger partial charge in [0.15, 0.2) is 0 Å². The van der Waals surface area contributed by atoms with Crippen molar-refractivity contribution in [1.82, 2.24) is 10.9 Å². The van der Waals surface area contributed by atoms with E-state index in [1.54, 1.807) is 0 Å². The van der Waals surface area contributed by atoms with E-state index in [-0.39, 0.29) is 0 Å². The molecule has 2 nitrogen and oxygen atoms in total. The molecule has 0 aromatic heterocycles. The van der Waals surface area contributed by atoms with Gasteiger partial charge in [-0.25, -0.2) is 5.43 Å². The summed E-state index contributed by atoms with van der Waals surface area (Å²) >= 11 is 5.44. The molecule has 0 radical (unpaired) electrons. The van der Waals surface area contributed by atoms with Crippen molar-refractivity contribution in [2.24, 2.45) is 0 Å². The van der Waals surface area contributed by atoms with E-state index in [1.807, 2.05) is 6.08 Å². The monoisotopic (exact) mass is 118 g/mol. The van der Waals surface area contributed by atoms with Gasteiger partial charge in [-0.2, -0.15) is 0 Å². The van der Waals surface area contributed by atoms with Gasteiger partial charge in [0.05, 0.1) is 5.88 Å². The molecule has 0 saturated heterocycles. The third-order valence-electron chi connectivity index (χ3n) is 0.843. The molecule has 0 aromatic rings. The van der Waals surface area contributed by atoms with Crippen LogP contribution in [0, 0.1) is 0 Å². The van der Waals surface area contributed by atoms with Gasteiger partial charge in [0.2, 0.25) is 0 Å². The van der Waals surface area contributed by atoms with Crippen molar-refractivity contribution in [2.75, 3.05) is 12.4 Å². The van der Waals surface area contributed by atoms with Crippen LogP contribution in [0.25, 0.3) is 0 Å². The average molecular weight is 119 g/mol. The smallest absolute Gasteiger partial charge is 0.0632 e. The lowest BCUT2D eigenvalue weighted by atomic mass is 10.5. The Morgan fingerprint density at radius 2 is 2.71 bits per heavy atom. The summed E-state index contributed by atoms with van der Waals surface area (Å²) in [7, 11) is 0. The Morgan fingerprint density at radius 1 is 1.86 bits per heavy atom. The van der Waals surface area contributed by atoms with E-state index in [2.05, 4.69) is 10.9 Å². The fourth-order valence-corrected chi connectivity index (χ4v) is 0.654. The van der Waals surface area contributed by atoms with Gasteiger partial charge in [-0.05, 0) is 6.08 Å². The van der Waals surface area contributed by atoms with E-state index in [1.165, 1.54) is 0 Å². The molecule has 0 saturated carbocycles. The summed E-state index contributed by atoms with van der Waals surface area (Å²) in [5, 5.41) is 0. The van der Waals surface area contributed by atoms with Crippen molar-refractivity contribution in [2.45, 2.75) is 0 Å². The molecule has 40 valence electrons. The van der Waals surface area contributed by atoms with Crippen molar-refractivity contribution >= 4 is 11.6 Å². The Balaban J connectivity index is 2.36. The summed E-state index contributed by atoms with van der Waals surface area (Å²) < 4.78 is 0. The van der Waals surface area contributed by atoms with Crippen LogP contribution < -0.4 is 10.9 Å². The standard InChI is InChI=1S/C4H7ClN2/c5-3-4-1-2-6-7-4/h1,6-7H,2-3H2. The van der Waals surface area contributed by atoms with Crippen molar-refractivity contribution in [3.05, 3.63) is 11.8 Å². The third-order valence-corrected chi connectivity index (χ3v) is 1.13. The first-order valence-corrected chi connectivity index (χ1v) is 2.71. The van der Waals surface area contributed by atoms with Gasteiger partial charge in [-0.15, -0.1) is 11.6 Å². The van der Waals surface area contributed by atoms with Gasteiger partial charge in [0, 0.05) is 12.2 Å². The second kappa shape index (κ2) is 2.19. The first-order valence-electron chi connectivity index (χ1n) is 2.17. The number of nitrogens with one attached hydrogen (secondary N) is 2. The van der Waals surface area contributed by atoms with Gasteiger partial charge < -0.3 is 5.43 Å². The first-order chi connectivity index (χ1) is 3.43. The first kappa shape index (κ1) is 4.94. The highest BCUT2D eigenvalue weighted by molar-refractivity contribution is 6.19. The highest BCUT2D eigenvalue weighted by Gasteiger charge is 1.96. The molecule has 0 aromatic carbocycles. The Labute approximate surface area is 47.5 Å². The van der Waals surface area contributed by atoms with E-state index in [0.29, 0.717) is 5.88 Å². The minimum Gasteiger partial charge on any atom is -0.324 e. The molecule has 0 atom stereocenters. The minimum atomic E-state index is 0.576. The summed E-state index contributed by atoms with van der Waals surface area (Å²) in [5.74, 6) is 0.576. The van der Waals surface area contributed by atoms with E-state index in [0.717, 1.165) is 12.2 Å². The van der Waals surface area contributed by atoms with Gasteiger partial charge >= 0.3 is 0 Å². The average Bonchev–Trinajstić information content (AvgIpc) is 2.14. The van der Waals surface area contributed by atoms with Crippen LogP contribution in [-0.2, 0) is 0 Å². The number of rotatable bonds is 1. The maximum Gasteiger partial charge on any atom is 0.0632 e. The third kappa shape index (κ3) is 1.08. The summed E-state index contributed by atoms with van der Waals surface area (Å²) in [4.78, 5) is 0. The van der Waals surface area contributed by atoms with Crippen LogP contribution in [0.4, 0.5) is 0 Å². The number of hydrogen-bond acceptors (Lipinski definition) is 2. The van der Waals surface area contributed by atoms with E-state index < -0.39 is 0 Å². The Hall–Kier alpha value is -0.210. The zero-order chi connectivity index (χ0) is 5.11. The van der Waals surface area contributed by atoms with Crippen LogP contribution in [0.1, 0.15) is 0 Å². The summed E-state index contributed by atoms with van der Waals surface area (Å²) in [6.07, 6.45) is 2.02. The second-order valence-corrected chi connectivity index (χ2v) is 1.64. The Kier molecular flexibility index (Phi) is 1.54. The normalized spacial score (nSPS) is 18.7. The molecule has 0 fully saturated rings. The fourth-order valence-electron chi connectivity index (χ4n) is 0.478. The Bertz CT molecular complexity index is 89.7. The summed E-state index contributed by atoms with van der Waals surface area (Å²) in [5.41, 5.74) is 6.85. The number of halogens is 1. The van der Waals surface area contributed by atoms with Gasteiger partial charge in [-0.3, -0.25) is 0 Å². The number of hydrazine groups is 1. The maximum absolute atomic E-state index is 5.44. The van der Waals surface area contributed by atoms with Crippen molar-refractivity contribution in [3.8, 4) is 0 Å². The maximum atomic E-state index is 5.44. The predicted molar refractivity (Wildman–Crippen MR) is 29.9 cm³/mol. The van der Waals surface area contributed by atoms with Gasteiger partial charge in [0.25, 0.3) is 0 Å². The molecule has 1 rings (SSSR count). The van der Waals surface area contributed by atoms with Crippen LogP contribution in [-0.4, -0.2) is 12.4 Å². The van der Waals surface area contributed by atoms with Crippen LogP contribution in [0.5, 0.6) is 0 Å². The zero-order valence-electron chi connectivity index (χ0n) is 3.87. The molecule has 2 N–H and O–H groups in total. The van der Waals surface area contributed by atoms with Crippen molar-refractivity contribution in [3.63, 3.8) is 0 Å². The van der Waals surface area contributed by atoms with Crippen LogP contribution in [0.15, 0.2) is 11.8 Å². The molecule has 0 spiro atoms. The zero-order valence-corrected chi connectivity index (χ0v) is 4.63. The van der Waals surface area contributed by atoms with Crippen molar-refractivity contribution < 1.29 is 0 Å². The largest absolute Gasteiger partial charge is 0.324 e. The van der Waals surface area contributed by atoms with Crippen molar-refractivity contribution in [1.29, 1.82) is 0 Å². The highest BCUT2D eigenvalue weighted by Crippen LogP contribution is 1.93. The molecule has 0 aliphatic carbocycles. The second-order valence-electron chi connectivity index (χ2n) is 1.37. The topological polar surface area (TPSA) is 24.1 Å². The number of alkyl halides is 1. The molecule has 0 amide bonds. The summed E-state index contributed by atoms with van der Waals surface area (Å²) in [6.45, 7) is 0.891. The number of allylic oxidation sites excluding steroid dienone is 1. The molecule has 1 aliphatic heterocycles. The van der Waals surface area contributed by atoms with Crippen LogP contribution in [0.2, 0.25) is 0 Å². The Morgan fingerprint density at radius 3 is 3.00 bits per heavy atom. The van der Waals surface area contributed by atoms with Gasteiger partial charge in [0.1, 0.15) is 0 Å². The van der Waals surface area contributed by atoms with Crippen LogP contribution in [0.3, 0.4) is 0 Å². The van der Waals surface area contributed by atoms with Crippen LogP contribution >= 0.6 is 11.6 Å². The minimum absolute atomic E-state index is 0.576. The molecule has 0 bridgehead atoms. The lowest BCUT2D eigenvalue weighted by Crippen LogP contribution is -2.24. The quantitative estimate of drug-likeness (QED) is 0.482. The molecule has 7 heavy (non-hydrogen) atoms. The SMILES string of the molecule is ClCC1=CCNN1. The lowest BCUT2D eigenvalue weighted by Gasteiger charge is -1.94. The van der Waals surface area contributed by atoms with E-state index in [4.69, 9.17) is 11.6 Å². The predicted octanol–water partition coefficient (Wildman–Crippen LogP) is 0.217. The molecular weight excluding hydrogens is 112 g/mol. The van der Waals surface area contributed by atoms with E-state index >= 15 is 0 Å². The fraction of sp³-hybridized carbons (Fsp3) is 0.500. The molecule has 1 heterocycles. The van der Waals surface area contributed by atoms with E-state index in [9.17, 15) is 0 Å². The lowest BCUT2D eigenvalue weighted by molar-refractivity contribution is 0.701. The number of hydrogen-bond donors (Lipinski definition) is 2.